The molecule has 1 aromatic carbocycles. The van der Waals surface area contributed by atoms with Gasteiger partial charge in [-0.25, -0.2) is 0 Å². The van der Waals surface area contributed by atoms with Crippen LogP contribution in [0, 0.1) is 5.92 Å². The summed E-state index contributed by atoms with van der Waals surface area (Å²) in [4.78, 5) is 25.9. The first-order valence-electron chi connectivity index (χ1n) is 7.65. The predicted octanol–water partition coefficient (Wildman–Crippen LogP) is 0.573. The molecule has 3 rings (SSSR count). The average Bonchev–Trinajstić information content (AvgIpc) is 2.96. The van der Waals surface area contributed by atoms with Gasteiger partial charge >= 0.3 is 0 Å². The number of nitrogens with zero attached hydrogens (tertiary/aromatic N) is 1. The van der Waals surface area contributed by atoms with Gasteiger partial charge in [-0.2, -0.15) is 0 Å². The van der Waals surface area contributed by atoms with Gasteiger partial charge in [0.25, 0.3) is 0 Å². The molecule has 2 heterocycles. The molecule has 0 bridgehead atoms. The van der Waals surface area contributed by atoms with Crippen LogP contribution in [-0.2, 0) is 14.3 Å². The molecule has 1 atom stereocenters. The van der Waals surface area contributed by atoms with Gasteiger partial charge in [0.2, 0.25) is 11.8 Å². The third-order valence-electron chi connectivity index (χ3n) is 3.94. The zero-order chi connectivity index (χ0) is 16.2. The Bertz CT molecular complexity index is 604. The van der Waals surface area contributed by atoms with Crippen molar-refractivity contribution >= 4 is 17.5 Å². The molecule has 2 aliphatic rings. The second kappa shape index (κ2) is 6.87. The molecule has 0 unspecified atom stereocenters. The van der Waals surface area contributed by atoms with Gasteiger partial charge in [-0.3, -0.25) is 9.59 Å². The summed E-state index contributed by atoms with van der Waals surface area (Å²) in [5.74, 6) is 0.798. The lowest BCUT2D eigenvalue weighted by molar-refractivity contribution is -0.126. The molecule has 2 amide bonds. The van der Waals surface area contributed by atoms with Crippen molar-refractivity contribution in [3.05, 3.63) is 18.2 Å². The van der Waals surface area contributed by atoms with Crippen molar-refractivity contribution in [1.82, 2.24) is 5.32 Å². The van der Waals surface area contributed by atoms with E-state index >= 15 is 0 Å². The normalized spacial score (nSPS) is 19.8. The molecule has 2 aliphatic heterocycles. The minimum atomic E-state index is -0.340. The summed E-state index contributed by atoms with van der Waals surface area (Å²) in [6.07, 6.45) is 0.216. The molecule has 7 nitrogen and oxygen atoms in total. The van der Waals surface area contributed by atoms with Gasteiger partial charge in [0.15, 0.2) is 11.5 Å². The number of nitrogens with one attached hydrogen (secondary N) is 1. The van der Waals surface area contributed by atoms with Crippen LogP contribution in [0.4, 0.5) is 5.69 Å². The Morgan fingerprint density at radius 2 is 2.13 bits per heavy atom. The van der Waals surface area contributed by atoms with Crippen LogP contribution in [0.25, 0.3) is 0 Å². The maximum absolute atomic E-state index is 12.2. The van der Waals surface area contributed by atoms with Crippen molar-refractivity contribution in [2.75, 3.05) is 44.9 Å². The molecule has 1 aromatic rings. The number of methoxy groups -OCH3 is 1. The first-order valence-corrected chi connectivity index (χ1v) is 7.65. The third-order valence-corrected chi connectivity index (χ3v) is 3.94. The molecule has 1 fully saturated rings. The zero-order valence-corrected chi connectivity index (χ0v) is 13.0. The lowest BCUT2D eigenvalue weighted by atomic mass is 10.1. The fourth-order valence-electron chi connectivity index (χ4n) is 2.75. The quantitative estimate of drug-likeness (QED) is 0.803. The van der Waals surface area contributed by atoms with E-state index in [9.17, 15) is 9.59 Å². The number of amides is 2. The lowest BCUT2D eigenvalue weighted by Crippen LogP contribution is -2.34. The Balaban J connectivity index is 1.67. The van der Waals surface area contributed by atoms with E-state index in [0.717, 1.165) is 5.69 Å². The summed E-state index contributed by atoms with van der Waals surface area (Å²) < 4.78 is 15.9. The Morgan fingerprint density at radius 3 is 2.91 bits per heavy atom. The van der Waals surface area contributed by atoms with E-state index in [1.54, 1.807) is 24.1 Å². The van der Waals surface area contributed by atoms with Crippen molar-refractivity contribution < 1.29 is 23.8 Å². The highest BCUT2D eigenvalue weighted by atomic mass is 16.6. The van der Waals surface area contributed by atoms with Gasteiger partial charge in [-0.1, -0.05) is 0 Å². The second-order valence-electron chi connectivity index (χ2n) is 5.52. The lowest BCUT2D eigenvalue weighted by Gasteiger charge is -2.22. The molecule has 124 valence electrons. The average molecular weight is 320 g/mol. The SMILES string of the molecule is COCCNC(=O)[C@H]1CC(=O)N(c2ccc3c(c2)OCCO3)C1. The van der Waals surface area contributed by atoms with E-state index in [2.05, 4.69) is 5.32 Å². The molecule has 0 spiro atoms. The number of rotatable bonds is 5. The Labute approximate surface area is 134 Å². The molecule has 1 N–H and O–H groups in total. The van der Waals surface area contributed by atoms with E-state index < -0.39 is 0 Å². The largest absolute Gasteiger partial charge is 0.486 e. The standard InChI is InChI=1S/C16H20N2O5/c1-21-5-4-17-16(20)11-8-15(19)18(10-11)12-2-3-13-14(9-12)23-7-6-22-13/h2-3,9,11H,4-8,10H2,1H3,(H,17,20)/t11-/m0/s1. The van der Waals surface area contributed by atoms with Crippen molar-refractivity contribution in [2.24, 2.45) is 5.92 Å². The molecule has 1 saturated heterocycles. The van der Waals surface area contributed by atoms with Crippen LogP contribution < -0.4 is 19.7 Å². The van der Waals surface area contributed by atoms with Crippen LogP contribution in [0.1, 0.15) is 6.42 Å². The van der Waals surface area contributed by atoms with Gasteiger partial charge in [0.1, 0.15) is 13.2 Å². The second-order valence-corrected chi connectivity index (χ2v) is 5.52. The fraction of sp³-hybridized carbons (Fsp3) is 0.500. The highest BCUT2D eigenvalue weighted by Crippen LogP contribution is 2.35. The highest BCUT2D eigenvalue weighted by Gasteiger charge is 2.35. The van der Waals surface area contributed by atoms with E-state index in [1.807, 2.05) is 6.07 Å². The number of hydrogen-bond acceptors (Lipinski definition) is 5. The van der Waals surface area contributed by atoms with E-state index in [0.29, 0.717) is 44.4 Å². The molecule has 0 aromatic heterocycles. The molecule has 0 radical (unpaired) electrons. The van der Waals surface area contributed by atoms with Gasteiger partial charge < -0.3 is 24.4 Å². The summed E-state index contributed by atoms with van der Waals surface area (Å²) in [7, 11) is 1.58. The summed E-state index contributed by atoms with van der Waals surface area (Å²) in [5.41, 5.74) is 0.728. The molecular formula is C16H20N2O5. The zero-order valence-electron chi connectivity index (χ0n) is 13.0. The molecule has 0 saturated carbocycles. The van der Waals surface area contributed by atoms with E-state index in [4.69, 9.17) is 14.2 Å². The number of benzene rings is 1. The minimum absolute atomic E-state index is 0.0615. The molecule has 23 heavy (non-hydrogen) atoms. The van der Waals surface area contributed by atoms with E-state index in [1.165, 1.54) is 0 Å². The summed E-state index contributed by atoms with van der Waals surface area (Å²) in [6, 6.07) is 5.40. The summed E-state index contributed by atoms with van der Waals surface area (Å²) in [6.45, 7) is 2.30. The number of carbonyl (C=O) groups excluding carboxylic acids is 2. The van der Waals surface area contributed by atoms with Crippen LogP contribution in [0.5, 0.6) is 11.5 Å². The predicted molar refractivity (Wildman–Crippen MR) is 82.8 cm³/mol. The van der Waals surface area contributed by atoms with Gasteiger partial charge in [0, 0.05) is 38.4 Å². The topological polar surface area (TPSA) is 77.1 Å². The third kappa shape index (κ3) is 3.39. The monoisotopic (exact) mass is 320 g/mol. The Morgan fingerprint density at radius 1 is 1.35 bits per heavy atom. The molecular weight excluding hydrogens is 300 g/mol. The summed E-state index contributed by atoms with van der Waals surface area (Å²) in [5, 5.41) is 2.78. The maximum Gasteiger partial charge on any atom is 0.227 e. The first kappa shape index (κ1) is 15.6. The van der Waals surface area contributed by atoms with Crippen molar-refractivity contribution in [3.8, 4) is 11.5 Å². The van der Waals surface area contributed by atoms with E-state index in [-0.39, 0.29) is 24.2 Å². The molecule has 7 heteroatoms. The van der Waals surface area contributed by atoms with Gasteiger partial charge in [-0.15, -0.1) is 0 Å². The maximum atomic E-state index is 12.2. The van der Waals surface area contributed by atoms with Crippen LogP contribution >= 0.6 is 0 Å². The van der Waals surface area contributed by atoms with Crippen LogP contribution in [-0.4, -0.2) is 51.8 Å². The number of hydrogen-bond donors (Lipinski definition) is 1. The number of fused-ring (bicyclic) bond motifs is 1. The highest BCUT2D eigenvalue weighted by molar-refractivity contribution is 6.00. The van der Waals surface area contributed by atoms with Crippen LogP contribution in [0.15, 0.2) is 18.2 Å². The Kier molecular flexibility index (Phi) is 4.66. The number of anilines is 1. The van der Waals surface area contributed by atoms with Crippen LogP contribution in [0.2, 0.25) is 0 Å². The number of ether oxygens (including phenoxy) is 3. The van der Waals surface area contributed by atoms with Crippen molar-refractivity contribution in [1.29, 1.82) is 0 Å². The Hall–Kier alpha value is -2.28. The minimum Gasteiger partial charge on any atom is -0.486 e. The molecule has 0 aliphatic carbocycles. The van der Waals surface area contributed by atoms with Gasteiger partial charge in [-0.05, 0) is 12.1 Å². The number of carbonyl (C=O) groups is 2. The van der Waals surface area contributed by atoms with Crippen LogP contribution in [0.3, 0.4) is 0 Å². The smallest absolute Gasteiger partial charge is 0.227 e. The summed E-state index contributed by atoms with van der Waals surface area (Å²) >= 11 is 0. The van der Waals surface area contributed by atoms with Crippen molar-refractivity contribution in [2.45, 2.75) is 6.42 Å². The van der Waals surface area contributed by atoms with Gasteiger partial charge in [0.05, 0.1) is 12.5 Å². The fourth-order valence-corrected chi connectivity index (χ4v) is 2.75. The first-order chi connectivity index (χ1) is 11.2. The van der Waals surface area contributed by atoms with Crippen molar-refractivity contribution in [3.63, 3.8) is 0 Å².